The summed E-state index contributed by atoms with van der Waals surface area (Å²) < 4.78 is 0. The van der Waals surface area contributed by atoms with E-state index in [9.17, 15) is 19.8 Å². The van der Waals surface area contributed by atoms with Gasteiger partial charge in [-0.15, -0.1) is 0 Å². The first-order valence-corrected chi connectivity index (χ1v) is 10.1. The Bertz CT molecular complexity index is 1100. The van der Waals surface area contributed by atoms with E-state index >= 15 is 0 Å². The molecule has 0 saturated heterocycles. The van der Waals surface area contributed by atoms with Gasteiger partial charge in [-0.2, -0.15) is 0 Å². The fraction of sp³-hybridized carbons (Fsp3) is 0.231. The van der Waals surface area contributed by atoms with Gasteiger partial charge in [0, 0.05) is 0 Å². The van der Waals surface area contributed by atoms with Crippen LogP contribution in [0.5, 0.6) is 0 Å². The second-order valence-electron chi connectivity index (χ2n) is 7.79. The number of benzene rings is 3. The van der Waals surface area contributed by atoms with E-state index < -0.39 is 11.9 Å². The predicted molar refractivity (Wildman–Crippen MR) is 119 cm³/mol. The third-order valence-corrected chi connectivity index (χ3v) is 5.24. The Morgan fingerprint density at radius 1 is 0.733 bits per heavy atom. The summed E-state index contributed by atoms with van der Waals surface area (Å²) in [6.07, 6.45) is 1.46. The average molecular weight is 402 g/mol. The number of rotatable bonds is 7. The first-order valence-electron chi connectivity index (χ1n) is 10.1. The molecule has 0 heterocycles. The summed E-state index contributed by atoms with van der Waals surface area (Å²) in [6.45, 7) is 6.26. The second kappa shape index (κ2) is 8.95. The molecule has 0 radical (unpaired) electrons. The van der Waals surface area contributed by atoms with Crippen molar-refractivity contribution >= 4 is 11.9 Å². The monoisotopic (exact) mass is 402 g/mol. The maximum Gasteiger partial charge on any atom is 0.336 e. The van der Waals surface area contributed by atoms with Crippen LogP contribution in [0.3, 0.4) is 0 Å². The first kappa shape index (κ1) is 21.3. The number of carbonyl (C=O) groups is 2. The van der Waals surface area contributed by atoms with Crippen LogP contribution < -0.4 is 0 Å². The van der Waals surface area contributed by atoms with Gasteiger partial charge < -0.3 is 10.2 Å². The molecule has 3 rings (SSSR count). The lowest BCUT2D eigenvalue weighted by Gasteiger charge is -2.22. The maximum absolute atomic E-state index is 12.0. The molecular formula is C26H26O4. The maximum atomic E-state index is 12.0. The van der Waals surface area contributed by atoms with Gasteiger partial charge in [-0.3, -0.25) is 0 Å². The highest BCUT2D eigenvalue weighted by molar-refractivity contribution is 6.04. The van der Waals surface area contributed by atoms with E-state index in [0.29, 0.717) is 23.5 Å². The first-order chi connectivity index (χ1) is 14.3. The number of carboxylic acids is 2. The van der Waals surface area contributed by atoms with Gasteiger partial charge in [0.1, 0.15) is 0 Å². The number of aryl methyl sites for hydroxylation is 1. The van der Waals surface area contributed by atoms with Gasteiger partial charge in [0.25, 0.3) is 0 Å². The largest absolute Gasteiger partial charge is 0.478 e. The van der Waals surface area contributed by atoms with Crippen molar-refractivity contribution in [2.75, 3.05) is 0 Å². The Hall–Kier alpha value is -3.40. The van der Waals surface area contributed by atoms with Crippen LogP contribution in [0.2, 0.25) is 0 Å². The van der Waals surface area contributed by atoms with E-state index in [4.69, 9.17) is 0 Å². The SMILES string of the molecule is CCc1ccc(CC(C)C)c(-c2ccccc2C(=O)O)c1-c1ccccc1C(=O)O. The molecule has 0 aliphatic carbocycles. The van der Waals surface area contributed by atoms with Crippen molar-refractivity contribution in [3.8, 4) is 22.3 Å². The van der Waals surface area contributed by atoms with Crippen LogP contribution in [0.1, 0.15) is 52.6 Å². The minimum absolute atomic E-state index is 0.211. The van der Waals surface area contributed by atoms with E-state index in [-0.39, 0.29) is 11.1 Å². The quantitative estimate of drug-likeness (QED) is 0.495. The van der Waals surface area contributed by atoms with Crippen LogP contribution >= 0.6 is 0 Å². The fourth-order valence-electron chi connectivity index (χ4n) is 3.98. The molecular weight excluding hydrogens is 376 g/mol. The van der Waals surface area contributed by atoms with Crippen molar-refractivity contribution in [1.82, 2.24) is 0 Å². The number of carboxylic acid groups (broad SMARTS) is 2. The van der Waals surface area contributed by atoms with Crippen LogP contribution in [0, 0.1) is 5.92 Å². The summed E-state index contributed by atoms with van der Waals surface area (Å²) in [5.41, 5.74) is 5.29. The molecule has 154 valence electrons. The molecule has 0 fully saturated rings. The van der Waals surface area contributed by atoms with E-state index in [0.717, 1.165) is 28.7 Å². The summed E-state index contributed by atoms with van der Waals surface area (Å²) in [5.74, 6) is -1.64. The lowest BCUT2D eigenvalue weighted by Crippen LogP contribution is -2.07. The zero-order valence-corrected chi connectivity index (χ0v) is 17.5. The van der Waals surface area contributed by atoms with E-state index in [1.165, 1.54) is 0 Å². The van der Waals surface area contributed by atoms with Crippen molar-refractivity contribution < 1.29 is 19.8 Å². The summed E-state index contributed by atoms with van der Waals surface area (Å²) >= 11 is 0. The molecule has 0 atom stereocenters. The number of hydrogen-bond acceptors (Lipinski definition) is 2. The Morgan fingerprint density at radius 3 is 1.60 bits per heavy atom. The predicted octanol–water partition coefficient (Wildman–Crippen LogP) is 6.18. The molecule has 0 bridgehead atoms. The Kier molecular flexibility index (Phi) is 6.36. The number of hydrogen-bond donors (Lipinski definition) is 2. The van der Waals surface area contributed by atoms with Crippen molar-refractivity contribution in [2.45, 2.75) is 33.6 Å². The van der Waals surface area contributed by atoms with Crippen molar-refractivity contribution in [3.63, 3.8) is 0 Å². The Labute approximate surface area is 176 Å². The normalized spacial score (nSPS) is 10.9. The van der Waals surface area contributed by atoms with Gasteiger partial charge in [0.2, 0.25) is 0 Å². The molecule has 0 aliphatic rings. The lowest BCUT2D eigenvalue weighted by atomic mass is 9.81. The van der Waals surface area contributed by atoms with Gasteiger partial charge in [0.15, 0.2) is 0 Å². The fourth-order valence-corrected chi connectivity index (χ4v) is 3.98. The molecule has 0 spiro atoms. The minimum atomic E-state index is -1.00. The van der Waals surface area contributed by atoms with E-state index in [1.54, 1.807) is 24.3 Å². The molecule has 0 aromatic heterocycles. The zero-order valence-electron chi connectivity index (χ0n) is 17.5. The van der Waals surface area contributed by atoms with Gasteiger partial charge in [0.05, 0.1) is 11.1 Å². The molecule has 2 N–H and O–H groups in total. The summed E-state index contributed by atoms with van der Waals surface area (Å²) in [6, 6.07) is 18.0. The molecule has 0 aliphatic heterocycles. The molecule has 0 saturated carbocycles. The number of aromatic carboxylic acids is 2. The summed E-state index contributed by atoms with van der Waals surface area (Å²) in [7, 11) is 0. The van der Waals surface area contributed by atoms with Crippen LogP contribution in [0.15, 0.2) is 60.7 Å². The molecule has 4 heteroatoms. The van der Waals surface area contributed by atoms with Crippen LogP contribution in [-0.2, 0) is 12.8 Å². The van der Waals surface area contributed by atoms with Crippen LogP contribution in [0.25, 0.3) is 22.3 Å². The van der Waals surface area contributed by atoms with Crippen LogP contribution in [0.4, 0.5) is 0 Å². The lowest BCUT2D eigenvalue weighted by molar-refractivity contribution is 0.0686. The topological polar surface area (TPSA) is 74.6 Å². The highest BCUT2D eigenvalue weighted by atomic mass is 16.4. The van der Waals surface area contributed by atoms with Gasteiger partial charge >= 0.3 is 11.9 Å². The third kappa shape index (κ3) is 4.13. The summed E-state index contributed by atoms with van der Waals surface area (Å²) in [4.78, 5) is 24.0. The van der Waals surface area contributed by atoms with Crippen LogP contribution in [-0.4, -0.2) is 22.2 Å². The molecule has 3 aromatic carbocycles. The minimum Gasteiger partial charge on any atom is -0.478 e. The standard InChI is InChI=1S/C26H26O4/c1-4-17-13-14-18(15-16(2)3)24(20-10-6-8-12-22(20)26(29)30)23(17)19-9-5-7-11-21(19)25(27)28/h5-14,16H,4,15H2,1-3H3,(H,27,28)(H,29,30). The van der Waals surface area contributed by atoms with Gasteiger partial charge in [-0.05, 0) is 64.3 Å². The van der Waals surface area contributed by atoms with E-state index in [1.807, 2.05) is 37.3 Å². The average Bonchev–Trinajstić information content (AvgIpc) is 2.73. The molecule has 4 nitrogen and oxygen atoms in total. The Balaban J connectivity index is 2.49. The van der Waals surface area contributed by atoms with Crippen molar-refractivity contribution in [3.05, 3.63) is 82.9 Å². The summed E-state index contributed by atoms with van der Waals surface area (Å²) in [5, 5.41) is 19.7. The van der Waals surface area contributed by atoms with E-state index in [2.05, 4.69) is 19.9 Å². The molecule has 3 aromatic rings. The van der Waals surface area contributed by atoms with Crippen molar-refractivity contribution in [2.24, 2.45) is 5.92 Å². The van der Waals surface area contributed by atoms with Gasteiger partial charge in [-0.25, -0.2) is 9.59 Å². The highest BCUT2D eigenvalue weighted by Gasteiger charge is 2.23. The zero-order chi connectivity index (χ0) is 21.8. The smallest absolute Gasteiger partial charge is 0.336 e. The third-order valence-electron chi connectivity index (χ3n) is 5.24. The highest BCUT2D eigenvalue weighted by Crippen LogP contribution is 2.41. The molecule has 0 amide bonds. The van der Waals surface area contributed by atoms with Gasteiger partial charge in [-0.1, -0.05) is 69.3 Å². The molecule has 0 unspecified atom stereocenters. The molecule has 30 heavy (non-hydrogen) atoms. The van der Waals surface area contributed by atoms with Crippen molar-refractivity contribution in [1.29, 1.82) is 0 Å². The second-order valence-corrected chi connectivity index (χ2v) is 7.79. The Morgan fingerprint density at radius 2 is 1.17 bits per heavy atom.